The average molecular weight is 144 g/mol. The van der Waals surface area contributed by atoms with Crippen LogP contribution in [0.4, 0.5) is 0 Å². The molecule has 0 unspecified atom stereocenters. The number of rotatable bonds is 0. The Morgan fingerprint density at radius 1 is 1.33 bits per heavy atom. The van der Waals surface area contributed by atoms with Crippen molar-refractivity contribution in [3.05, 3.63) is 35.4 Å². The van der Waals surface area contributed by atoms with E-state index in [1.54, 1.807) is 0 Å². The number of hydrogen-bond donors (Lipinski definition) is 0. The van der Waals surface area contributed by atoms with Crippen LogP contribution in [0.3, 0.4) is 0 Å². The molecule has 1 aromatic carbocycles. The first-order chi connectivity index (χ1) is 3.80. The summed E-state index contributed by atoms with van der Waals surface area (Å²) in [5, 5.41) is 0. The Hall–Kier alpha value is 0.856. The van der Waals surface area contributed by atoms with Crippen molar-refractivity contribution in [3.63, 3.8) is 0 Å². The van der Waals surface area contributed by atoms with Gasteiger partial charge in [-0.05, 0) is 0 Å². The third-order valence-corrected chi connectivity index (χ3v) is 1.33. The third-order valence-electron chi connectivity index (χ3n) is 1.33. The Kier molecular flexibility index (Phi) is 5.08. The van der Waals surface area contributed by atoms with Crippen LogP contribution in [0, 0.1) is 19.9 Å². The van der Waals surface area contributed by atoms with Crippen LogP contribution >= 0.6 is 0 Å². The van der Waals surface area contributed by atoms with Crippen molar-refractivity contribution in [1.29, 1.82) is 0 Å². The molecule has 0 saturated carbocycles. The first-order valence-electron chi connectivity index (χ1n) is 2.74. The largest absolute Gasteiger partial charge is 1.00 e. The predicted molar refractivity (Wildman–Crippen MR) is 34.8 cm³/mol. The number of benzene rings is 1. The van der Waals surface area contributed by atoms with E-state index in [9.17, 15) is 0 Å². The zero-order chi connectivity index (χ0) is 5.98. The quantitative estimate of drug-likeness (QED) is 0.327. The molecule has 0 aliphatic carbocycles. The molecular weight excluding hydrogens is 135 g/mol. The van der Waals surface area contributed by atoms with Gasteiger partial charge in [-0.25, -0.2) is 0 Å². The summed E-state index contributed by atoms with van der Waals surface area (Å²) in [6.07, 6.45) is 0. The SMILES string of the molecule is Cc1[c-]cccc1C.[K+]. The van der Waals surface area contributed by atoms with Gasteiger partial charge < -0.3 is 0 Å². The van der Waals surface area contributed by atoms with Crippen LogP contribution in [0.25, 0.3) is 0 Å². The Bertz CT molecular complexity index is 161. The van der Waals surface area contributed by atoms with E-state index in [1.165, 1.54) is 11.1 Å². The van der Waals surface area contributed by atoms with Crippen molar-refractivity contribution in [2.75, 3.05) is 0 Å². The Labute approximate surface area is 99.1 Å². The molecule has 0 heterocycles. The normalized spacial score (nSPS) is 8.22. The molecular formula is C8H9K. The van der Waals surface area contributed by atoms with E-state index in [0.29, 0.717) is 0 Å². The van der Waals surface area contributed by atoms with E-state index in [-0.39, 0.29) is 51.4 Å². The molecule has 0 radical (unpaired) electrons. The van der Waals surface area contributed by atoms with Gasteiger partial charge in [0.15, 0.2) is 0 Å². The molecule has 0 N–H and O–H groups in total. The molecule has 0 bridgehead atoms. The van der Waals surface area contributed by atoms with E-state index < -0.39 is 0 Å². The van der Waals surface area contributed by atoms with Crippen molar-refractivity contribution in [2.24, 2.45) is 0 Å². The van der Waals surface area contributed by atoms with Crippen LogP contribution in [0.2, 0.25) is 0 Å². The maximum atomic E-state index is 3.10. The number of aryl methyl sites for hydroxylation is 2. The maximum absolute atomic E-state index is 3.10. The molecule has 0 aliphatic rings. The second-order valence-corrected chi connectivity index (χ2v) is 1.98. The minimum atomic E-state index is 0. The van der Waals surface area contributed by atoms with E-state index in [1.807, 2.05) is 12.1 Å². The molecule has 42 valence electrons. The summed E-state index contributed by atoms with van der Waals surface area (Å²) < 4.78 is 0. The molecule has 0 aromatic heterocycles. The zero-order valence-electron chi connectivity index (χ0n) is 6.23. The third kappa shape index (κ3) is 2.96. The standard InChI is InChI=1S/C8H9.K/c1-7-5-3-4-6-8(7)2;/h3-5H,1-2H3;/q-1;+1. The van der Waals surface area contributed by atoms with Gasteiger partial charge in [0, 0.05) is 0 Å². The van der Waals surface area contributed by atoms with Gasteiger partial charge in [-0.1, -0.05) is 13.8 Å². The molecule has 0 fully saturated rings. The fourth-order valence-electron chi connectivity index (χ4n) is 0.604. The molecule has 9 heavy (non-hydrogen) atoms. The van der Waals surface area contributed by atoms with Crippen LogP contribution in [-0.4, -0.2) is 0 Å². The van der Waals surface area contributed by atoms with Crippen molar-refractivity contribution >= 4 is 0 Å². The van der Waals surface area contributed by atoms with Crippen LogP contribution in [0.5, 0.6) is 0 Å². The molecule has 0 saturated heterocycles. The monoisotopic (exact) mass is 144 g/mol. The van der Waals surface area contributed by atoms with Gasteiger partial charge in [0.05, 0.1) is 0 Å². The maximum Gasteiger partial charge on any atom is 1.00 e. The van der Waals surface area contributed by atoms with Crippen molar-refractivity contribution in [1.82, 2.24) is 0 Å². The predicted octanol–water partition coefficient (Wildman–Crippen LogP) is -0.892. The molecule has 0 amide bonds. The Morgan fingerprint density at radius 2 is 2.00 bits per heavy atom. The number of hydrogen-bond acceptors (Lipinski definition) is 0. The smallest absolute Gasteiger partial charge is 0.180 e. The Balaban J connectivity index is 0.000000640. The summed E-state index contributed by atoms with van der Waals surface area (Å²) in [4.78, 5) is 0. The van der Waals surface area contributed by atoms with E-state index in [0.717, 1.165) is 0 Å². The second kappa shape index (κ2) is 4.64. The fraction of sp³-hybridized carbons (Fsp3) is 0.250. The Morgan fingerprint density at radius 3 is 2.33 bits per heavy atom. The first-order valence-corrected chi connectivity index (χ1v) is 2.74. The van der Waals surface area contributed by atoms with E-state index in [4.69, 9.17) is 0 Å². The van der Waals surface area contributed by atoms with Gasteiger partial charge in [0.1, 0.15) is 0 Å². The zero-order valence-corrected chi connectivity index (χ0v) is 9.36. The molecule has 0 aliphatic heterocycles. The minimum absolute atomic E-state index is 0. The summed E-state index contributed by atoms with van der Waals surface area (Å²) in [6.45, 7) is 4.15. The summed E-state index contributed by atoms with van der Waals surface area (Å²) in [5.74, 6) is 0. The van der Waals surface area contributed by atoms with Gasteiger partial charge >= 0.3 is 51.4 Å². The molecule has 1 rings (SSSR count). The van der Waals surface area contributed by atoms with Crippen molar-refractivity contribution < 1.29 is 51.4 Å². The summed E-state index contributed by atoms with van der Waals surface area (Å²) in [6, 6.07) is 9.12. The minimum Gasteiger partial charge on any atom is -0.180 e. The van der Waals surface area contributed by atoms with Crippen LogP contribution in [-0.2, 0) is 0 Å². The van der Waals surface area contributed by atoms with E-state index in [2.05, 4.69) is 26.0 Å². The summed E-state index contributed by atoms with van der Waals surface area (Å²) in [5.41, 5.74) is 2.56. The van der Waals surface area contributed by atoms with Crippen molar-refractivity contribution in [3.8, 4) is 0 Å². The van der Waals surface area contributed by atoms with Gasteiger partial charge in [-0.15, -0.1) is 0 Å². The second-order valence-electron chi connectivity index (χ2n) is 1.98. The topological polar surface area (TPSA) is 0 Å². The molecule has 0 nitrogen and oxygen atoms in total. The molecule has 0 atom stereocenters. The first kappa shape index (κ1) is 9.86. The molecule has 0 spiro atoms. The van der Waals surface area contributed by atoms with Crippen LogP contribution < -0.4 is 51.4 Å². The van der Waals surface area contributed by atoms with Gasteiger partial charge in [0.2, 0.25) is 0 Å². The van der Waals surface area contributed by atoms with Crippen LogP contribution in [0.15, 0.2) is 18.2 Å². The van der Waals surface area contributed by atoms with Crippen molar-refractivity contribution in [2.45, 2.75) is 13.8 Å². The van der Waals surface area contributed by atoms with Crippen LogP contribution in [0.1, 0.15) is 11.1 Å². The van der Waals surface area contributed by atoms with E-state index >= 15 is 0 Å². The fourth-order valence-corrected chi connectivity index (χ4v) is 0.604. The van der Waals surface area contributed by atoms with Gasteiger partial charge in [-0.2, -0.15) is 35.4 Å². The average Bonchev–Trinajstić information content (AvgIpc) is 1.77. The molecule has 1 heteroatoms. The molecule has 1 aromatic rings. The van der Waals surface area contributed by atoms with Gasteiger partial charge in [-0.3, -0.25) is 0 Å². The van der Waals surface area contributed by atoms with Gasteiger partial charge in [0.25, 0.3) is 0 Å². The summed E-state index contributed by atoms with van der Waals surface area (Å²) >= 11 is 0. The summed E-state index contributed by atoms with van der Waals surface area (Å²) in [7, 11) is 0.